The molecule has 3 rings (SSSR count). The molecular weight excluding hydrogens is 246 g/mol. The Hall–Kier alpha value is -1.95. The summed E-state index contributed by atoms with van der Waals surface area (Å²) in [5, 5.41) is 3.09. The van der Waals surface area contributed by atoms with Crippen LogP contribution in [0.5, 0.6) is 0 Å². The number of aromatic nitrogens is 4. The average Bonchev–Trinajstić information content (AvgIpc) is 2.98. The number of imidazole rings is 1. The first-order valence-corrected chi connectivity index (χ1v) is 6.60. The van der Waals surface area contributed by atoms with Gasteiger partial charge in [0.1, 0.15) is 5.52 Å². The van der Waals surface area contributed by atoms with E-state index in [1.54, 1.807) is 17.5 Å². The van der Waals surface area contributed by atoms with E-state index in [1.165, 1.54) is 0 Å². The van der Waals surface area contributed by atoms with Crippen LogP contribution in [0.2, 0.25) is 0 Å². The van der Waals surface area contributed by atoms with Gasteiger partial charge in [-0.3, -0.25) is 4.57 Å². The molecule has 0 spiro atoms. The van der Waals surface area contributed by atoms with Crippen LogP contribution >= 0.6 is 11.3 Å². The van der Waals surface area contributed by atoms with E-state index in [2.05, 4.69) is 21.9 Å². The summed E-state index contributed by atoms with van der Waals surface area (Å²) in [5.41, 5.74) is 7.62. The van der Waals surface area contributed by atoms with E-state index < -0.39 is 0 Å². The molecule has 6 heteroatoms. The second kappa shape index (κ2) is 4.38. The lowest BCUT2D eigenvalue weighted by atomic mass is 10.2. The highest BCUT2D eigenvalue weighted by Crippen LogP contribution is 2.23. The highest BCUT2D eigenvalue weighted by molar-refractivity contribution is 7.09. The molecule has 3 aromatic heterocycles. The number of anilines is 1. The average molecular weight is 259 g/mol. The highest BCUT2D eigenvalue weighted by Gasteiger charge is 2.14. The molecule has 0 saturated carbocycles. The summed E-state index contributed by atoms with van der Waals surface area (Å²) >= 11 is 1.66. The Kier molecular flexibility index (Phi) is 2.71. The van der Waals surface area contributed by atoms with Gasteiger partial charge >= 0.3 is 0 Å². The molecule has 1 unspecified atom stereocenters. The molecule has 1 atom stereocenters. The van der Waals surface area contributed by atoms with E-state index >= 15 is 0 Å². The van der Waals surface area contributed by atoms with Crippen LogP contribution in [0.3, 0.4) is 0 Å². The minimum absolute atomic E-state index is 0.298. The van der Waals surface area contributed by atoms with Crippen molar-refractivity contribution < 1.29 is 0 Å². The third-order valence-electron chi connectivity index (χ3n) is 2.86. The van der Waals surface area contributed by atoms with Gasteiger partial charge in [0.15, 0.2) is 5.65 Å². The van der Waals surface area contributed by atoms with Gasteiger partial charge in [-0.1, -0.05) is 6.92 Å². The summed E-state index contributed by atoms with van der Waals surface area (Å²) in [6, 6.07) is 3.78. The number of thiazole rings is 1. The van der Waals surface area contributed by atoms with Crippen LogP contribution in [0.4, 0.5) is 5.95 Å². The van der Waals surface area contributed by atoms with Crippen molar-refractivity contribution in [3.8, 4) is 0 Å². The van der Waals surface area contributed by atoms with Crippen LogP contribution < -0.4 is 5.73 Å². The number of fused-ring (bicyclic) bond motifs is 1. The maximum Gasteiger partial charge on any atom is 0.202 e. The Labute approximate surface area is 108 Å². The van der Waals surface area contributed by atoms with Crippen LogP contribution in [0, 0.1) is 0 Å². The summed E-state index contributed by atoms with van der Waals surface area (Å²) in [6.45, 7) is 2.87. The predicted molar refractivity (Wildman–Crippen MR) is 72.5 cm³/mol. The Morgan fingerprint density at radius 1 is 1.39 bits per heavy atom. The van der Waals surface area contributed by atoms with Gasteiger partial charge in [0, 0.05) is 30.2 Å². The minimum Gasteiger partial charge on any atom is -0.369 e. The van der Waals surface area contributed by atoms with E-state index in [9.17, 15) is 0 Å². The van der Waals surface area contributed by atoms with Gasteiger partial charge in [0.2, 0.25) is 5.95 Å². The van der Waals surface area contributed by atoms with Gasteiger partial charge in [-0.2, -0.15) is 0 Å². The normalized spacial score (nSPS) is 12.9. The maximum absolute atomic E-state index is 5.95. The Morgan fingerprint density at radius 3 is 3.06 bits per heavy atom. The topological polar surface area (TPSA) is 69.6 Å². The summed E-state index contributed by atoms with van der Waals surface area (Å²) in [4.78, 5) is 13.0. The first-order valence-electron chi connectivity index (χ1n) is 5.72. The lowest BCUT2D eigenvalue weighted by Crippen LogP contribution is -2.09. The zero-order valence-electron chi connectivity index (χ0n) is 9.95. The van der Waals surface area contributed by atoms with Crippen molar-refractivity contribution >= 4 is 28.4 Å². The summed E-state index contributed by atoms with van der Waals surface area (Å²) in [7, 11) is 0. The summed E-state index contributed by atoms with van der Waals surface area (Å²) in [6.07, 6.45) is 3.58. The van der Waals surface area contributed by atoms with Crippen molar-refractivity contribution in [3.05, 3.63) is 34.9 Å². The first-order chi connectivity index (χ1) is 8.75. The Balaban J connectivity index is 1.97. The van der Waals surface area contributed by atoms with Gasteiger partial charge < -0.3 is 5.73 Å². The zero-order chi connectivity index (χ0) is 12.5. The number of hydrogen-bond acceptors (Lipinski definition) is 5. The van der Waals surface area contributed by atoms with Crippen LogP contribution in [-0.4, -0.2) is 19.5 Å². The van der Waals surface area contributed by atoms with E-state index in [0.717, 1.165) is 22.7 Å². The van der Waals surface area contributed by atoms with Crippen LogP contribution in [0.1, 0.15) is 17.8 Å². The lowest BCUT2D eigenvalue weighted by molar-refractivity contribution is 0.610. The molecule has 5 nitrogen and oxygen atoms in total. The molecule has 0 bridgehead atoms. The van der Waals surface area contributed by atoms with Crippen molar-refractivity contribution in [2.24, 2.45) is 0 Å². The minimum atomic E-state index is 0.298. The molecule has 0 radical (unpaired) electrons. The monoisotopic (exact) mass is 259 g/mol. The molecule has 3 aromatic rings. The zero-order valence-corrected chi connectivity index (χ0v) is 10.8. The SMILES string of the molecule is CC(Cn1c(N)nc2cccnc21)c1nccs1. The number of hydrogen-bond donors (Lipinski definition) is 1. The Morgan fingerprint density at radius 2 is 2.28 bits per heavy atom. The van der Waals surface area contributed by atoms with E-state index in [0.29, 0.717) is 11.9 Å². The molecular formula is C12H13N5S. The molecule has 2 N–H and O–H groups in total. The molecule has 0 aliphatic heterocycles. The van der Waals surface area contributed by atoms with Crippen molar-refractivity contribution in [1.82, 2.24) is 19.5 Å². The van der Waals surface area contributed by atoms with Crippen LogP contribution in [0.15, 0.2) is 29.9 Å². The highest BCUT2D eigenvalue weighted by atomic mass is 32.1. The van der Waals surface area contributed by atoms with Crippen molar-refractivity contribution in [2.45, 2.75) is 19.4 Å². The quantitative estimate of drug-likeness (QED) is 0.783. The first kappa shape index (κ1) is 11.2. The molecule has 0 aromatic carbocycles. The van der Waals surface area contributed by atoms with Gasteiger partial charge in [0.25, 0.3) is 0 Å². The number of nitrogens with two attached hydrogens (primary N) is 1. The summed E-state index contributed by atoms with van der Waals surface area (Å²) in [5.74, 6) is 0.804. The number of nitrogen functional groups attached to an aromatic ring is 1. The van der Waals surface area contributed by atoms with Gasteiger partial charge in [-0.25, -0.2) is 15.0 Å². The third-order valence-corrected chi connectivity index (χ3v) is 3.87. The lowest BCUT2D eigenvalue weighted by Gasteiger charge is -2.10. The van der Waals surface area contributed by atoms with E-state index in [1.807, 2.05) is 28.3 Å². The molecule has 3 heterocycles. The summed E-state index contributed by atoms with van der Waals surface area (Å²) < 4.78 is 1.95. The molecule has 18 heavy (non-hydrogen) atoms. The number of pyridine rings is 1. The molecule has 0 fully saturated rings. The largest absolute Gasteiger partial charge is 0.369 e. The third kappa shape index (κ3) is 1.84. The van der Waals surface area contributed by atoms with Crippen LogP contribution in [0.25, 0.3) is 11.2 Å². The number of nitrogens with zero attached hydrogens (tertiary/aromatic N) is 4. The van der Waals surface area contributed by atoms with Gasteiger partial charge in [-0.15, -0.1) is 11.3 Å². The molecule has 92 valence electrons. The molecule has 0 amide bonds. The molecule has 0 aliphatic carbocycles. The second-order valence-electron chi connectivity index (χ2n) is 4.20. The fourth-order valence-electron chi connectivity index (χ4n) is 1.99. The van der Waals surface area contributed by atoms with Crippen molar-refractivity contribution in [3.63, 3.8) is 0 Å². The van der Waals surface area contributed by atoms with Gasteiger partial charge in [0.05, 0.1) is 5.01 Å². The van der Waals surface area contributed by atoms with E-state index in [4.69, 9.17) is 5.73 Å². The van der Waals surface area contributed by atoms with Crippen LogP contribution in [-0.2, 0) is 6.54 Å². The standard InChI is InChI=1S/C12H13N5S/c1-8(11-15-5-6-18-11)7-17-10-9(16-12(17)13)3-2-4-14-10/h2-6,8H,7H2,1H3,(H2,13,16). The van der Waals surface area contributed by atoms with E-state index in [-0.39, 0.29) is 0 Å². The fourth-order valence-corrected chi connectivity index (χ4v) is 2.68. The fraction of sp³-hybridized carbons (Fsp3) is 0.250. The Bertz CT molecular complexity index is 658. The number of rotatable bonds is 3. The smallest absolute Gasteiger partial charge is 0.202 e. The van der Waals surface area contributed by atoms with Crippen molar-refractivity contribution in [2.75, 3.05) is 5.73 Å². The predicted octanol–water partition coefficient (Wildman–Crippen LogP) is 2.27. The maximum atomic E-state index is 5.95. The van der Waals surface area contributed by atoms with Gasteiger partial charge in [-0.05, 0) is 12.1 Å². The van der Waals surface area contributed by atoms with Crippen molar-refractivity contribution in [1.29, 1.82) is 0 Å². The second-order valence-corrected chi connectivity index (χ2v) is 5.12. The molecule has 0 saturated heterocycles. The molecule has 0 aliphatic rings.